The number of hydrogen-bond donors (Lipinski definition) is 2. The normalized spacial score (nSPS) is 32.1. The molecule has 0 aromatic heterocycles. The highest BCUT2D eigenvalue weighted by Crippen LogP contribution is 2.66. The quantitative estimate of drug-likeness (QED) is 0.272. The number of aromatic hydroxyl groups is 1. The minimum Gasteiger partial charge on any atom is -0.508 e. The number of phenols is 1. The van der Waals surface area contributed by atoms with Gasteiger partial charge in [0.25, 0.3) is 0 Å². The Kier molecular flexibility index (Phi) is 9.54. The van der Waals surface area contributed by atoms with E-state index in [9.17, 15) is 15.0 Å². The molecule has 0 unspecified atom stereocenters. The summed E-state index contributed by atoms with van der Waals surface area (Å²) in [5.74, 6) is 3.16. The SMILES string of the molecule is CC(C)N(C)C(=O)CCCCCCCCCC[C@H]1C[C@@]2(C)[C@@H](CC[C@]2(C)O)[C@@H]2CCc3cc(O)ccc3[C@@H]12. The number of benzene rings is 1. The summed E-state index contributed by atoms with van der Waals surface area (Å²) >= 11 is 0. The average molecular weight is 526 g/mol. The molecule has 3 aliphatic carbocycles. The number of phenolic OH excluding ortho intramolecular Hbond substituents is 1. The number of nitrogens with zero attached hydrogens (tertiary/aromatic N) is 1. The van der Waals surface area contributed by atoms with Crippen molar-refractivity contribution in [2.24, 2.45) is 23.2 Å². The molecule has 1 amide bonds. The van der Waals surface area contributed by atoms with E-state index in [1.54, 1.807) is 0 Å². The van der Waals surface area contributed by atoms with Gasteiger partial charge in [-0.1, -0.05) is 57.9 Å². The van der Waals surface area contributed by atoms with Gasteiger partial charge in [0.1, 0.15) is 5.75 Å². The number of aryl methyl sites for hydroxylation is 1. The van der Waals surface area contributed by atoms with E-state index in [0.29, 0.717) is 41.9 Å². The molecule has 4 nitrogen and oxygen atoms in total. The summed E-state index contributed by atoms with van der Waals surface area (Å²) in [6.45, 7) is 8.64. The summed E-state index contributed by atoms with van der Waals surface area (Å²) in [6, 6.07) is 6.42. The number of carbonyl (C=O) groups excluding carboxylic acids is 1. The molecule has 214 valence electrons. The zero-order valence-electron chi connectivity index (χ0n) is 25.0. The first-order valence-corrected chi connectivity index (χ1v) is 15.8. The molecular weight excluding hydrogens is 470 g/mol. The first-order chi connectivity index (χ1) is 18.0. The van der Waals surface area contributed by atoms with E-state index < -0.39 is 5.60 Å². The van der Waals surface area contributed by atoms with Crippen molar-refractivity contribution in [1.82, 2.24) is 4.90 Å². The molecule has 1 aromatic carbocycles. The molecule has 2 saturated carbocycles. The molecule has 0 radical (unpaired) electrons. The molecule has 2 N–H and O–H groups in total. The van der Waals surface area contributed by atoms with E-state index in [1.807, 2.05) is 24.1 Å². The Hall–Kier alpha value is -1.55. The van der Waals surface area contributed by atoms with E-state index in [-0.39, 0.29) is 11.3 Å². The summed E-state index contributed by atoms with van der Waals surface area (Å²) in [5.41, 5.74) is 2.33. The third-order valence-corrected chi connectivity index (χ3v) is 11.3. The number of amides is 1. The van der Waals surface area contributed by atoms with Crippen molar-refractivity contribution in [3.05, 3.63) is 29.3 Å². The molecule has 0 aliphatic heterocycles. The van der Waals surface area contributed by atoms with Crippen LogP contribution in [0.4, 0.5) is 0 Å². The summed E-state index contributed by atoms with van der Waals surface area (Å²) in [6.07, 6.45) is 17.3. The Bertz CT molecular complexity index is 940. The highest BCUT2D eigenvalue weighted by molar-refractivity contribution is 5.76. The molecule has 0 bridgehead atoms. The summed E-state index contributed by atoms with van der Waals surface area (Å²) in [5, 5.41) is 21.6. The van der Waals surface area contributed by atoms with Crippen LogP contribution in [0.15, 0.2) is 18.2 Å². The monoisotopic (exact) mass is 525 g/mol. The lowest BCUT2D eigenvalue weighted by atomic mass is 9.49. The first-order valence-electron chi connectivity index (χ1n) is 15.8. The molecule has 3 aliphatic rings. The molecule has 0 spiro atoms. The zero-order chi connectivity index (χ0) is 27.5. The molecule has 2 fully saturated rings. The second-order valence-corrected chi connectivity index (χ2v) is 13.9. The van der Waals surface area contributed by atoms with Gasteiger partial charge >= 0.3 is 0 Å². The van der Waals surface area contributed by atoms with E-state index >= 15 is 0 Å². The molecular formula is C34H55NO3. The topological polar surface area (TPSA) is 60.8 Å². The molecule has 0 saturated heterocycles. The number of hydrogen-bond acceptors (Lipinski definition) is 3. The number of unbranched alkanes of at least 4 members (excludes halogenated alkanes) is 7. The fourth-order valence-corrected chi connectivity index (χ4v) is 8.58. The Morgan fingerprint density at radius 2 is 1.68 bits per heavy atom. The van der Waals surface area contributed by atoms with Crippen molar-refractivity contribution in [2.75, 3.05) is 7.05 Å². The van der Waals surface area contributed by atoms with Crippen LogP contribution in [0.1, 0.15) is 135 Å². The van der Waals surface area contributed by atoms with Gasteiger partial charge in [-0.15, -0.1) is 0 Å². The van der Waals surface area contributed by atoms with Gasteiger partial charge in [-0.25, -0.2) is 0 Å². The van der Waals surface area contributed by atoms with Crippen LogP contribution in [0, 0.1) is 23.2 Å². The number of aliphatic hydroxyl groups is 1. The zero-order valence-corrected chi connectivity index (χ0v) is 25.0. The maximum atomic E-state index is 12.1. The summed E-state index contributed by atoms with van der Waals surface area (Å²) < 4.78 is 0. The maximum absolute atomic E-state index is 12.1. The molecule has 4 rings (SSSR count). The van der Waals surface area contributed by atoms with Crippen LogP contribution in [-0.4, -0.2) is 39.7 Å². The Labute approximate surface area is 232 Å². The van der Waals surface area contributed by atoms with Crippen LogP contribution in [0.25, 0.3) is 0 Å². The highest BCUT2D eigenvalue weighted by atomic mass is 16.3. The highest BCUT2D eigenvalue weighted by Gasteiger charge is 2.61. The minimum atomic E-state index is -0.551. The van der Waals surface area contributed by atoms with Gasteiger partial charge in [0.05, 0.1) is 5.60 Å². The third-order valence-electron chi connectivity index (χ3n) is 11.3. The van der Waals surface area contributed by atoms with E-state index in [2.05, 4.69) is 33.8 Å². The van der Waals surface area contributed by atoms with Gasteiger partial charge < -0.3 is 15.1 Å². The Morgan fingerprint density at radius 3 is 2.37 bits per heavy atom. The third kappa shape index (κ3) is 6.11. The first kappa shape index (κ1) is 29.4. The standard InChI is InChI=1S/C34H55NO3/c1-24(2)35(5)31(37)15-13-11-9-7-6-8-10-12-14-26-23-33(3)30(20-21-34(33,4)38)29-18-16-25-22-27(36)17-19-28(25)32(26)29/h17,19,22,24,26,29-30,32,36,38H,6-16,18,20-21,23H2,1-5H3/t26-,29-,30-,32+,33-,34-/m0/s1. The smallest absolute Gasteiger partial charge is 0.222 e. The van der Waals surface area contributed by atoms with E-state index in [4.69, 9.17) is 0 Å². The molecule has 4 heteroatoms. The number of rotatable bonds is 12. The van der Waals surface area contributed by atoms with Gasteiger partial charge in [-0.3, -0.25) is 4.79 Å². The predicted octanol–water partition coefficient (Wildman–Crippen LogP) is 7.99. The Morgan fingerprint density at radius 1 is 1.03 bits per heavy atom. The van der Waals surface area contributed by atoms with Crippen molar-refractivity contribution in [3.63, 3.8) is 0 Å². The molecule has 6 atom stereocenters. The van der Waals surface area contributed by atoms with Crippen LogP contribution < -0.4 is 0 Å². The van der Waals surface area contributed by atoms with Crippen molar-refractivity contribution in [2.45, 2.75) is 142 Å². The average Bonchev–Trinajstić information content (AvgIpc) is 3.12. The lowest BCUT2D eigenvalue weighted by molar-refractivity contribution is -0.131. The van der Waals surface area contributed by atoms with E-state index in [1.165, 1.54) is 62.5 Å². The predicted molar refractivity (Wildman–Crippen MR) is 156 cm³/mol. The molecule has 1 aromatic rings. The second kappa shape index (κ2) is 12.3. The second-order valence-electron chi connectivity index (χ2n) is 13.9. The number of carbonyl (C=O) groups is 1. The van der Waals surface area contributed by atoms with Crippen molar-refractivity contribution in [1.29, 1.82) is 0 Å². The summed E-state index contributed by atoms with van der Waals surface area (Å²) in [4.78, 5) is 14.0. The van der Waals surface area contributed by atoms with Gasteiger partial charge in [-0.05, 0) is 118 Å². The van der Waals surface area contributed by atoms with Gasteiger partial charge in [0, 0.05) is 19.5 Å². The van der Waals surface area contributed by atoms with Crippen molar-refractivity contribution >= 4 is 5.91 Å². The van der Waals surface area contributed by atoms with E-state index in [0.717, 1.165) is 38.5 Å². The maximum Gasteiger partial charge on any atom is 0.222 e. The minimum absolute atomic E-state index is 0.0264. The van der Waals surface area contributed by atoms with Crippen LogP contribution in [0.2, 0.25) is 0 Å². The van der Waals surface area contributed by atoms with Crippen molar-refractivity contribution in [3.8, 4) is 5.75 Å². The van der Waals surface area contributed by atoms with Crippen molar-refractivity contribution < 1.29 is 15.0 Å². The fourth-order valence-electron chi connectivity index (χ4n) is 8.58. The largest absolute Gasteiger partial charge is 0.508 e. The van der Waals surface area contributed by atoms with Gasteiger partial charge in [0.2, 0.25) is 5.91 Å². The molecule has 0 heterocycles. The fraction of sp³-hybridized carbons (Fsp3) is 0.794. The Balaban J connectivity index is 1.25. The van der Waals surface area contributed by atoms with Gasteiger partial charge in [-0.2, -0.15) is 0 Å². The lowest BCUT2D eigenvalue weighted by Gasteiger charge is -2.56. The van der Waals surface area contributed by atoms with Crippen LogP contribution in [0.3, 0.4) is 0 Å². The molecule has 38 heavy (non-hydrogen) atoms. The van der Waals surface area contributed by atoms with Crippen LogP contribution in [-0.2, 0) is 11.2 Å². The number of fused-ring (bicyclic) bond motifs is 5. The van der Waals surface area contributed by atoms with Gasteiger partial charge in [0.15, 0.2) is 0 Å². The summed E-state index contributed by atoms with van der Waals surface area (Å²) in [7, 11) is 1.91. The lowest BCUT2D eigenvalue weighted by Crippen LogP contribution is -2.52. The van der Waals surface area contributed by atoms with Crippen LogP contribution in [0.5, 0.6) is 5.75 Å². The van der Waals surface area contributed by atoms with Crippen LogP contribution >= 0.6 is 0 Å².